The second-order valence-corrected chi connectivity index (χ2v) is 2.92. The summed E-state index contributed by atoms with van der Waals surface area (Å²) in [6, 6.07) is 6.26. The normalized spacial score (nSPS) is 9.54. The Morgan fingerprint density at radius 1 is 1.08 bits per heavy atom. The highest BCUT2D eigenvalue weighted by Gasteiger charge is 1.99. The van der Waals surface area contributed by atoms with Crippen LogP contribution in [0.25, 0.3) is 11.0 Å². The molecule has 0 fully saturated rings. The quantitative estimate of drug-likeness (QED) is 0.589. The maximum absolute atomic E-state index is 5.30. The predicted octanol–water partition coefficient (Wildman–Crippen LogP) is 4.08. The van der Waals surface area contributed by atoms with Crippen LogP contribution < -0.4 is 0 Å². The third-order valence-corrected chi connectivity index (χ3v) is 1.88. The lowest BCUT2D eigenvalue weighted by atomic mass is 10.1. The summed E-state index contributed by atoms with van der Waals surface area (Å²) < 4.78 is 5.30. The van der Waals surface area contributed by atoms with Crippen molar-refractivity contribution in [2.45, 2.75) is 27.7 Å². The van der Waals surface area contributed by atoms with E-state index in [9.17, 15) is 0 Å². The summed E-state index contributed by atoms with van der Waals surface area (Å²) in [7, 11) is 0. The van der Waals surface area contributed by atoms with Gasteiger partial charge in [-0.25, -0.2) is 0 Å². The van der Waals surface area contributed by atoms with Crippen LogP contribution in [-0.2, 0) is 0 Å². The zero-order chi connectivity index (χ0) is 9.84. The van der Waals surface area contributed by atoms with Crippen LogP contribution >= 0.6 is 0 Å². The van der Waals surface area contributed by atoms with Gasteiger partial charge in [0.05, 0.1) is 6.26 Å². The van der Waals surface area contributed by atoms with Crippen molar-refractivity contribution in [3.63, 3.8) is 0 Å². The van der Waals surface area contributed by atoms with Crippen molar-refractivity contribution in [3.05, 3.63) is 35.6 Å². The topological polar surface area (TPSA) is 13.1 Å². The second kappa shape index (κ2) is 4.13. The smallest absolute Gasteiger partial charge is 0.136 e. The molecule has 0 bridgehead atoms. The van der Waals surface area contributed by atoms with E-state index in [1.807, 2.05) is 19.9 Å². The number of benzene rings is 1. The van der Waals surface area contributed by atoms with Crippen LogP contribution in [0.2, 0.25) is 0 Å². The van der Waals surface area contributed by atoms with Crippen LogP contribution in [0.5, 0.6) is 0 Å². The second-order valence-electron chi connectivity index (χ2n) is 2.92. The molecule has 1 aromatic carbocycles. The zero-order valence-electron chi connectivity index (χ0n) is 8.72. The minimum atomic E-state index is 1.01. The third kappa shape index (κ3) is 1.92. The molecule has 0 spiro atoms. The van der Waals surface area contributed by atoms with Gasteiger partial charge in [0.2, 0.25) is 0 Å². The fourth-order valence-corrected chi connectivity index (χ4v) is 1.45. The Morgan fingerprint density at radius 2 is 1.77 bits per heavy atom. The minimum Gasteiger partial charge on any atom is -0.464 e. The molecule has 2 aromatic rings. The fourth-order valence-electron chi connectivity index (χ4n) is 1.45. The summed E-state index contributed by atoms with van der Waals surface area (Å²) in [5.41, 5.74) is 3.51. The molecule has 1 nitrogen and oxygen atoms in total. The summed E-state index contributed by atoms with van der Waals surface area (Å²) in [4.78, 5) is 0. The Morgan fingerprint density at radius 3 is 2.46 bits per heavy atom. The molecule has 0 amide bonds. The molecule has 0 atom stereocenters. The van der Waals surface area contributed by atoms with Crippen molar-refractivity contribution >= 4 is 11.0 Å². The molecule has 0 N–H and O–H groups in total. The summed E-state index contributed by atoms with van der Waals surface area (Å²) >= 11 is 0. The average Bonchev–Trinajstić information content (AvgIpc) is 2.55. The van der Waals surface area contributed by atoms with E-state index in [0.29, 0.717) is 0 Å². The molecular formula is C12H16O. The number of aryl methyl sites for hydroxylation is 2. The van der Waals surface area contributed by atoms with Gasteiger partial charge in [-0.2, -0.15) is 0 Å². The molecular weight excluding hydrogens is 160 g/mol. The minimum absolute atomic E-state index is 1.01. The SMILES string of the molecule is CC.Cc1cc(C)c2occc2c1. The molecule has 0 aliphatic carbocycles. The molecule has 0 radical (unpaired) electrons. The summed E-state index contributed by atoms with van der Waals surface area (Å²) in [6.45, 7) is 8.16. The van der Waals surface area contributed by atoms with Gasteiger partial charge in [-0.15, -0.1) is 0 Å². The third-order valence-electron chi connectivity index (χ3n) is 1.88. The molecule has 2 rings (SSSR count). The first-order valence-electron chi connectivity index (χ1n) is 4.72. The number of furan rings is 1. The Bertz CT molecular complexity index is 385. The van der Waals surface area contributed by atoms with Gasteiger partial charge in [0.25, 0.3) is 0 Å². The van der Waals surface area contributed by atoms with E-state index in [1.54, 1.807) is 6.26 Å². The summed E-state index contributed by atoms with van der Waals surface area (Å²) in [5, 5.41) is 1.20. The van der Waals surface area contributed by atoms with Gasteiger partial charge in [-0.05, 0) is 31.5 Å². The van der Waals surface area contributed by atoms with Gasteiger partial charge < -0.3 is 4.42 Å². The maximum Gasteiger partial charge on any atom is 0.136 e. The molecule has 0 saturated heterocycles. The van der Waals surface area contributed by atoms with Gasteiger partial charge in [0.15, 0.2) is 0 Å². The first kappa shape index (κ1) is 9.85. The zero-order valence-corrected chi connectivity index (χ0v) is 8.72. The van der Waals surface area contributed by atoms with Crippen LogP contribution in [0.15, 0.2) is 28.9 Å². The lowest BCUT2D eigenvalue weighted by molar-refractivity contribution is 0.613. The highest BCUT2D eigenvalue weighted by atomic mass is 16.3. The molecule has 0 aliphatic heterocycles. The van der Waals surface area contributed by atoms with Crippen LogP contribution in [-0.4, -0.2) is 0 Å². The lowest BCUT2D eigenvalue weighted by Crippen LogP contribution is -1.76. The van der Waals surface area contributed by atoms with Crippen molar-refractivity contribution in [1.29, 1.82) is 0 Å². The first-order valence-corrected chi connectivity index (χ1v) is 4.72. The van der Waals surface area contributed by atoms with E-state index in [4.69, 9.17) is 4.42 Å². The molecule has 70 valence electrons. The molecule has 1 heterocycles. The molecule has 0 saturated carbocycles. The van der Waals surface area contributed by atoms with Crippen molar-refractivity contribution < 1.29 is 4.42 Å². The number of hydrogen-bond donors (Lipinski definition) is 0. The Labute approximate surface area is 79.4 Å². The van der Waals surface area contributed by atoms with E-state index >= 15 is 0 Å². The fraction of sp³-hybridized carbons (Fsp3) is 0.333. The Balaban J connectivity index is 0.000000396. The van der Waals surface area contributed by atoms with Crippen LogP contribution in [0, 0.1) is 13.8 Å². The Hall–Kier alpha value is -1.24. The standard InChI is InChI=1S/C10H10O.C2H6/c1-7-5-8(2)10-9(6-7)3-4-11-10;1-2/h3-6H,1-2H3;1-2H3. The maximum atomic E-state index is 5.30. The highest BCUT2D eigenvalue weighted by molar-refractivity contribution is 5.80. The van der Waals surface area contributed by atoms with Crippen molar-refractivity contribution in [1.82, 2.24) is 0 Å². The van der Waals surface area contributed by atoms with Gasteiger partial charge in [-0.3, -0.25) is 0 Å². The van der Waals surface area contributed by atoms with Crippen molar-refractivity contribution in [3.8, 4) is 0 Å². The highest BCUT2D eigenvalue weighted by Crippen LogP contribution is 2.20. The van der Waals surface area contributed by atoms with E-state index in [0.717, 1.165) is 5.58 Å². The van der Waals surface area contributed by atoms with Crippen LogP contribution in [0.1, 0.15) is 25.0 Å². The predicted molar refractivity (Wildman–Crippen MR) is 57.0 cm³/mol. The molecule has 0 aliphatic rings. The molecule has 1 aromatic heterocycles. The molecule has 1 heteroatoms. The average molecular weight is 176 g/mol. The van der Waals surface area contributed by atoms with E-state index in [2.05, 4.69) is 26.0 Å². The summed E-state index contributed by atoms with van der Waals surface area (Å²) in [6.07, 6.45) is 1.73. The first-order chi connectivity index (χ1) is 6.27. The van der Waals surface area contributed by atoms with Gasteiger partial charge in [0, 0.05) is 5.39 Å². The van der Waals surface area contributed by atoms with Gasteiger partial charge in [-0.1, -0.05) is 25.5 Å². The molecule has 0 unspecified atom stereocenters. The van der Waals surface area contributed by atoms with Gasteiger partial charge >= 0.3 is 0 Å². The van der Waals surface area contributed by atoms with E-state index in [-0.39, 0.29) is 0 Å². The number of hydrogen-bond acceptors (Lipinski definition) is 1. The largest absolute Gasteiger partial charge is 0.464 e. The van der Waals surface area contributed by atoms with Crippen molar-refractivity contribution in [2.24, 2.45) is 0 Å². The van der Waals surface area contributed by atoms with Crippen LogP contribution in [0.3, 0.4) is 0 Å². The number of fused-ring (bicyclic) bond motifs is 1. The molecule has 13 heavy (non-hydrogen) atoms. The summed E-state index contributed by atoms with van der Waals surface area (Å²) in [5.74, 6) is 0. The van der Waals surface area contributed by atoms with Crippen LogP contribution in [0.4, 0.5) is 0 Å². The monoisotopic (exact) mass is 176 g/mol. The van der Waals surface area contributed by atoms with Gasteiger partial charge in [0.1, 0.15) is 5.58 Å². The number of rotatable bonds is 0. The van der Waals surface area contributed by atoms with E-state index in [1.165, 1.54) is 16.5 Å². The Kier molecular flexibility index (Phi) is 3.13. The lowest BCUT2D eigenvalue weighted by Gasteiger charge is -1.96. The van der Waals surface area contributed by atoms with E-state index < -0.39 is 0 Å². The van der Waals surface area contributed by atoms with Crippen molar-refractivity contribution in [2.75, 3.05) is 0 Å².